The van der Waals surface area contributed by atoms with Crippen LogP contribution >= 0.6 is 0 Å². The quantitative estimate of drug-likeness (QED) is 0.702. The number of carboxylic acid groups (broad SMARTS) is 1. The number of carboxylic acids is 1. The molecule has 9 heteroatoms. The van der Waals surface area contributed by atoms with Crippen molar-refractivity contribution >= 4 is 23.1 Å². The molecule has 0 radical (unpaired) electrons. The molecular weight excluding hydrogens is 361 g/mol. The molecule has 142 valence electrons. The summed E-state index contributed by atoms with van der Waals surface area (Å²) in [6.45, 7) is 5.68. The lowest BCUT2D eigenvalue weighted by Crippen LogP contribution is -2.13. The van der Waals surface area contributed by atoms with Gasteiger partial charge >= 0.3 is 12.1 Å². The number of nitrogens with one attached hydrogen (secondary N) is 1. The topological polar surface area (TPSA) is 79.5 Å². The monoisotopic (exact) mass is 378 g/mol. The molecule has 0 aliphatic rings. The lowest BCUT2D eigenvalue weighted by molar-refractivity contribution is -0.141. The number of aromatic nitrogens is 3. The Labute approximate surface area is 152 Å². The van der Waals surface area contributed by atoms with E-state index in [4.69, 9.17) is 5.11 Å². The van der Waals surface area contributed by atoms with Gasteiger partial charge in [0.05, 0.1) is 11.3 Å². The van der Waals surface area contributed by atoms with Crippen molar-refractivity contribution in [3.63, 3.8) is 0 Å². The maximum Gasteiger partial charge on any atom is 0.433 e. The molecule has 6 nitrogen and oxygen atoms in total. The summed E-state index contributed by atoms with van der Waals surface area (Å²) in [6, 6.07) is 8.13. The van der Waals surface area contributed by atoms with Gasteiger partial charge in [0.15, 0.2) is 11.3 Å². The van der Waals surface area contributed by atoms with Crippen LogP contribution in [-0.4, -0.2) is 25.7 Å². The van der Waals surface area contributed by atoms with Gasteiger partial charge < -0.3 is 10.4 Å². The molecule has 0 saturated heterocycles. The summed E-state index contributed by atoms with van der Waals surface area (Å²) in [5, 5.41) is 16.3. The average molecular weight is 378 g/mol. The fourth-order valence-electron chi connectivity index (χ4n) is 2.45. The van der Waals surface area contributed by atoms with Gasteiger partial charge in [-0.1, -0.05) is 26.8 Å². The first kappa shape index (κ1) is 18.7. The number of hydrogen-bond acceptors (Lipinski definition) is 4. The van der Waals surface area contributed by atoms with E-state index in [1.807, 2.05) is 20.8 Å². The summed E-state index contributed by atoms with van der Waals surface area (Å²) >= 11 is 0. The molecule has 3 rings (SSSR count). The van der Waals surface area contributed by atoms with Gasteiger partial charge in [-0.15, -0.1) is 0 Å². The molecule has 0 amide bonds. The summed E-state index contributed by atoms with van der Waals surface area (Å²) in [5.74, 6) is -1.10. The lowest BCUT2D eigenvalue weighted by Gasteiger charge is -2.14. The van der Waals surface area contributed by atoms with Crippen LogP contribution in [0.5, 0.6) is 0 Å². The van der Waals surface area contributed by atoms with Crippen LogP contribution in [0.15, 0.2) is 36.4 Å². The molecule has 0 unspecified atom stereocenters. The van der Waals surface area contributed by atoms with Crippen molar-refractivity contribution in [3.05, 3.63) is 53.3 Å². The Morgan fingerprint density at radius 2 is 1.81 bits per heavy atom. The summed E-state index contributed by atoms with van der Waals surface area (Å²) in [7, 11) is 0. The predicted molar refractivity (Wildman–Crippen MR) is 93.4 cm³/mol. The molecule has 2 heterocycles. The van der Waals surface area contributed by atoms with Crippen molar-refractivity contribution in [3.8, 4) is 0 Å². The van der Waals surface area contributed by atoms with E-state index in [-0.39, 0.29) is 22.4 Å². The number of fused-ring (bicyclic) bond motifs is 1. The van der Waals surface area contributed by atoms with Gasteiger partial charge in [-0.25, -0.2) is 9.78 Å². The fourth-order valence-corrected chi connectivity index (χ4v) is 2.45. The first-order chi connectivity index (χ1) is 12.4. The number of nitrogens with zero attached hydrogens (tertiary/aromatic N) is 3. The van der Waals surface area contributed by atoms with Gasteiger partial charge in [0.25, 0.3) is 0 Å². The molecule has 0 saturated carbocycles. The van der Waals surface area contributed by atoms with Crippen LogP contribution in [0.1, 0.15) is 42.5 Å². The van der Waals surface area contributed by atoms with E-state index in [2.05, 4.69) is 15.4 Å². The molecule has 27 heavy (non-hydrogen) atoms. The third-order valence-corrected chi connectivity index (χ3v) is 3.87. The van der Waals surface area contributed by atoms with Crippen LogP contribution < -0.4 is 5.32 Å². The zero-order chi connectivity index (χ0) is 20.0. The molecule has 0 atom stereocenters. The van der Waals surface area contributed by atoms with Crippen LogP contribution in [0, 0.1) is 0 Å². The highest BCUT2D eigenvalue weighted by Gasteiger charge is 2.34. The number of alkyl halides is 3. The maximum absolute atomic E-state index is 13.2. The highest BCUT2D eigenvalue weighted by Crippen LogP contribution is 2.32. The molecular formula is C18H17F3N4O2. The Morgan fingerprint density at radius 3 is 2.41 bits per heavy atom. The second-order valence-corrected chi connectivity index (χ2v) is 7.08. The molecule has 0 spiro atoms. The Hall–Kier alpha value is -3.10. The van der Waals surface area contributed by atoms with E-state index < -0.39 is 17.8 Å². The van der Waals surface area contributed by atoms with Crippen LogP contribution in [0.4, 0.5) is 24.7 Å². The van der Waals surface area contributed by atoms with Crippen molar-refractivity contribution in [1.29, 1.82) is 0 Å². The molecule has 1 aromatic carbocycles. The third kappa shape index (κ3) is 3.86. The van der Waals surface area contributed by atoms with Gasteiger partial charge in [0, 0.05) is 23.2 Å². The van der Waals surface area contributed by atoms with Crippen LogP contribution in [-0.2, 0) is 11.6 Å². The number of hydrogen-bond donors (Lipinski definition) is 2. The van der Waals surface area contributed by atoms with Gasteiger partial charge in [-0.05, 0) is 18.2 Å². The van der Waals surface area contributed by atoms with Gasteiger partial charge in [-0.2, -0.15) is 22.8 Å². The molecule has 0 bridgehead atoms. The van der Waals surface area contributed by atoms with Crippen molar-refractivity contribution in [1.82, 2.24) is 14.6 Å². The van der Waals surface area contributed by atoms with E-state index in [1.165, 1.54) is 28.8 Å². The molecule has 3 aromatic rings. The first-order valence-corrected chi connectivity index (χ1v) is 8.04. The predicted octanol–water partition coefficient (Wildman–Crippen LogP) is 4.49. The minimum atomic E-state index is -4.63. The largest absolute Gasteiger partial charge is 0.478 e. The van der Waals surface area contributed by atoms with Gasteiger partial charge in [0.1, 0.15) is 5.82 Å². The van der Waals surface area contributed by atoms with Crippen LogP contribution in [0.25, 0.3) is 5.65 Å². The standard InChI is InChI=1S/C18H17F3N4O2/c1-17(2,3)12-8-15-23-13(18(19,20)21)9-14(25(15)24-12)22-11-6-4-5-10(7-11)16(26)27/h4-9,22H,1-3H3,(H,26,27). The average Bonchev–Trinajstić information content (AvgIpc) is 2.99. The Balaban J connectivity index is 2.16. The highest BCUT2D eigenvalue weighted by atomic mass is 19.4. The smallest absolute Gasteiger partial charge is 0.433 e. The second-order valence-electron chi connectivity index (χ2n) is 7.08. The fraction of sp³-hybridized carbons (Fsp3) is 0.278. The third-order valence-electron chi connectivity index (χ3n) is 3.87. The minimum Gasteiger partial charge on any atom is -0.478 e. The van der Waals surface area contributed by atoms with E-state index in [9.17, 15) is 18.0 Å². The number of carbonyl (C=O) groups is 1. The number of benzene rings is 1. The molecule has 0 aliphatic heterocycles. The van der Waals surface area contributed by atoms with E-state index in [1.54, 1.807) is 6.07 Å². The number of halogens is 3. The van der Waals surface area contributed by atoms with E-state index in [0.717, 1.165) is 6.07 Å². The molecule has 0 aliphatic carbocycles. The SMILES string of the molecule is CC(C)(C)c1cc2nc(C(F)(F)F)cc(Nc3cccc(C(=O)O)c3)n2n1. The van der Waals surface area contributed by atoms with E-state index >= 15 is 0 Å². The van der Waals surface area contributed by atoms with Crippen molar-refractivity contribution in [2.75, 3.05) is 5.32 Å². The summed E-state index contributed by atoms with van der Waals surface area (Å²) in [4.78, 5) is 14.8. The van der Waals surface area contributed by atoms with Crippen LogP contribution in [0.3, 0.4) is 0 Å². The normalized spacial score (nSPS) is 12.4. The number of anilines is 2. The Kier molecular flexibility index (Phi) is 4.33. The van der Waals surface area contributed by atoms with Crippen molar-refractivity contribution in [2.45, 2.75) is 32.4 Å². The molecule has 2 N–H and O–H groups in total. The zero-order valence-corrected chi connectivity index (χ0v) is 14.8. The van der Waals surface area contributed by atoms with Crippen LogP contribution in [0.2, 0.25) is 0 Å². The lowest BCUT2D eigenvalue weighted by atomic mass is 9.93. The Bertz CT molecular complexity index is 1020. The first-order valence-electron chi connectivity index (χ1n) is 8.04. The highest BCUT2D eigenvalue weighted by molar-refractivity contribution is 5.89. The van der Waals surface area contributed by atoms with E-state index in [0.29, 0.717) is 11.4 Å². The molecule has 2 aromatic heterocycles. The summed E-state index contributed by atoms with van der Waals surface area (Å²) < 4.78 is 41.0. The summed E-state index contributed by atoms with van der Waals surface area (Å²) in [6.07, 6.45) is -4.63. The minimum absolute atomic E-state index is 0.0113. The number of rotatable bonds is 3. The maximum atomic E-state index is 13.2. The zero-order valence-electron chi connectivity index (χ0n) is 14.8. The number of aromatic carboxylic acids is 1. The molecule has 0 fully saturated rings. The van der Waals surface area contributed by atoms with Gasteiger partial charge in [0.2, 0.25) is 0 Å². The second kappa shape index (κ2) is 6.26. The summed E-state index contributed by atoms with van der Waals surface area (Å²) in [5.41, 5.74) is -0.483. The van der Waals surface area contributed by atoms with Crippen molar-refractivity contribution < 1.29 is 23.1 Å². The van der Waals surface area contributed by atoms with Gasteiger partial charge in [-0.3, -0.25) is 0 Å². The Morgan fingerprint density at radius 1 is 1.11 bits per heavy atom. The van der Waals surface area contributed by atoms with Crippen molar-refractivity contribution in [2.24, 2.45) is 0 Å².